The number of nitrogens with one attached hydrogen (secondary N) is 1. The van der Waals surface area contributed by atoms with E-state index in [2.05, 4.69) is 10.2 Å². The van der Waals surface area contributed by atoms with Crippen LogP contribution in [0.1, 0.15) is 19.3 Å². The number of hydrogen-bond donors (Lipinski definition) is 1. The molecule has 1 N–H and O–H groups in total. The summed E-state index contributed by atoms with van der Waals surface area (Å²) in [5, 5.41) is 2.84. The molecule has 1 saturated carbocycles. The number of carbonyl (C=O) groups excluding carboxylic acids is 2. The summed E-state index contributed by atoms with van der Waals surface area (Å²) < 4.78 is 26.8. The number of rotatable bonds is 6. The van der Waals surface area contributed by atoms with Crippen molar-refractivity contribution in [1.29, 1.82) is 0 Å². The van der Waals surface area contributed by atoms with Gasteiger partial charge >= 0.3 is 0 Å². The van der Waals surface area contributed by atoms with Crippen molar-refractivity contribution in [2.75, 3.05) is 31.6 Å². The van der Waals surface area contributed by atoms with Crippen molar-refractivity contribution in [2.24, 2.45) is 5.92 Å². The average molecular weight is 337 g/mol. The predicted molar refractivity (Wildman–Crippen MR) is 85.5 cm³/mol. The SMILES string of the molecule is CN(CCNC(=O)C1CC(=O)N(c2ccc(F)cc2F)C1)C1CC1. The third-order valence-electron chi connectivity index (χ3n) is 4.63. The van der Waals surface area contributed by atoms with Gasteiger partial charge in [-0.25, -0.2) is 8.78 Å². The fraction of sp³-hybridized carbons (Fsp3) is 0.529. The Balaban J connectivity index is 1.54. The first-order chi connectivity index (χ1) is 11.5. The molecule has 5 nitrogen and oxygen atoms in total. The average Bonchev–Trinajstić information content (AvgIpc) is 3.31. The maximum atomic E-state index is 13.8. The van der Waals surface area contributed by atoms with Gasteiger partial charge in [0.15, 0.2) is 0 Å². The first-order valence-corrected chi connectivity index (χ1v) is 8.19. The Hall–Kier alpha value is -2.02. The maximum absolute atomic E-state index is 13.8. The highest BCUT2D eigenvalue weighted by Gasteiger charge is 2.36. The van der Waals surface area contributed by atoms with Gasteiger partial charge in [0, 0.05) is 38.2 Å². The van der Waals surface area contributed by atoms with E-state index in [0.29, 0.717) is 12.6 Å². The van der Waals surface area contributed by atoms with Gasteiger partial charge in [-0.15, -0.1) is 0 Å². The summed E-state index contributed by atoms with van der Waals surface area (Å²) in [6.45, 7) is 1.42. The molecule has 3 rings (SSSR count). The minimum absolute atomic E-state index is 0.0187. The van der Waals surface area contributed by atoms with E-state index >= 15 is 0 Å². The van der Waals surface area contributed by atoms with E-state index in [1.54, 1.807) is 0 Å². The molecule has 1 aliphatic carbocycles. The zero-order chi connectivity index (χ0) is 17.3. The van der Waals surface area contributed by atoms with Crippen LogP contribution in [-0.2, 0) is 9.59 Å². The van der Waals surface area contributed by atoms with Gasteiger partial charge in [-0.1, -0.05) is 0 Å². The molecule has 1 heterocycles. The van der Waals surface area contributed by atoms with Crippen LogP contribution in [0.25, 0.3) is 0 Å². The Morgan fingerprint density at radius 1 is 1.38 bits per heavy atom. The molecule has 1 aromatic rings. The smallest absolute Gasteiger partial charge is 0.227 e. The van der Waals surface area contributed by atoms with E-state index in [-0.39, 0.29) is 30.5 Å². The number of carbonyl (C=O) groups is 2. The van der Waals surface area contributed by atoms with Crippen LogP contribution in [0.2, 0.25) is 0 Å². The van der Waals surface area contributed by atoms with Crippen LogP contribution in [0.15, 0.2) is 18.2 Å². The Bertz CT molecular complexity index is 649. The van der Waals surface area contributed by atoms with E-state index in [0.717, 1.165) is 18.7 Å². The summed E-state index contributed by atoms with van der Waals surface area (Å²) in [5.41, 5.74) is 0.0187. The second-order valence-corrected chi connectivity index (χ2v) is 6.50. The van der Waals surface area contributed by atoms with Crippen LogP contribution in [-0.4, -0.2) is 49.4 Å². The molecule has 1 atom stereocenters. The molecule has 130 valence electrons. The molecule has 0 radical (unpaired) electrons. The molecule has 1 aromatic carbocycles. The first kappa shape index (κ1) is 16.8. The molecule has 2 fully saturated rings. The van der Waals surface area contributed by atoms with Crippen molar-refractivity contribution in [3.05, 3.63) is 29.8 Å². The van der Waals surface area contributed by atoms with E-state index in [9.17, 15) is 18.4 Å². The molecule has 2 amide bonds. The fourth-order valence-corrected chi connectivity index (χ4v) is 3.01. The fourth-order valence-electron chi connectivity index (χ4n) is 3.01. The second kappa shape index (κ2) is 6.84. The van der Waals surface area contributed by atoms with E-state index in [1.807, 2.05) is 7.05 Å². The lowest BCUT2D eigenvalue weighted by Gasteiger charge is -2.18. The molecule has 1 saturated heterocycles. The Morgan fingerprint density at radius 3 is 2.79 bits per heavy atom. The summed E-state index contributed by atoms with van der Waals surface area (Å²) >= 11 is 0. The van der Waals surface area contributed by atoms with Crippen molar-refractivity contribution >= 4 is 17.5 Å². The Kier molecular flexibility index (Phi) is 4.80. The molecule has 0 aromatic heterocycles. The number of amides is 2. The summed E-state index contributed by atoms with van der Waals surface area (Å²) in [7, 11) is 2.03. The zero-order valence-electron chi connectivity index (χ0n) is 13.6. The van der Waals surface area contributed by atoms with E-state index in [4.69, 9.17) is 0 Å². The summed E-state index contributed by atoms with van der Waals surface area (Å²) in [5.74, 6) is -2.52. The minimum Gasteiger partial charge on any atom is -0.355 e. The molecule has 7 heteroatoms. The monoisotopic (exact) mass is 337 g/mol. The van der Waals surface area contributed by atoms with Crippen LogP contribution >= 0.6 is 0 Å². The third-order valence-corrected chi connectivity index (χ3v) is 4.63. The lowest BCUT2D eigenvalue weighted by molar-refractivity contribution is -0.126. The number of nitrogens with zero attached hydrogens (tertiary/aromatic N) is 2. The number of likely N-dealkylation sites (N-methyl/N-ethyl adjacent to an activating group) is 1. The molecule has 0 spiro atoms. The molecule has 24 heavy (non-hydrogen) atoms. The van der Waals surface area contributed by atoms with Crippen molar-refractivity contribution in [3.63, 3.8) is 0 Å². The Labute approximate surface area is 139 Å². The zero-order valence-corrected chi connectivity index (χ0v) is 13.6. The highest BCUT2D eigenvalue weighted by Crippen LogP contribution is 2.28. The number of halogens is 2. The van der Waals surface area contributed by atoms with E-state index < -0.39 is 17.6 Å². The molecule has 1 aliphatic heterocycles. The van der Waals surface area contributed by atoms with Gasteiger partial charge in [-0.3, -0.25) is 9.59 Å². The quantitative estimate of drug-likeness (QED) is 0.856. The molecule has 2 aliphatic rings. The maximum Gasteiger partial charge on any atom is 0.227 e. The highest BCUT2D eigenvalue weighted by atomic mass is 19.1. The number of benzene rings is 1. The molecular weight excluding hydrogens is 316 g/mol. The van der Waals surface area contributed by atoms with Crippen LogP contribution in [0.4, 0.5) is 14.5 Å². The van der Waals surface area contributed by atoms with Crippen molar-refractivity contribution < 1.29 is 18.4 Å². The van der Waals surface area contributed by atoms with E-state index in [1.165, 1.54) is 23.8 Å². The van der Waals surface area contributed by atoms with Gasteiger partial charge in [-0.05, 0) is 32.0 Å². The van der Waals surface area contributed by atoms with Gasteiger partial charge < -0.3 is 15.1 Å². The second-order valence-electron chi connectivity index (χ2n) is 6.50. The molecule has 0 bridgehead atoms. The highest BCUT2D eigenvalue weighted by molar-refractivity contribution is 6.00. The molecular formula is C17H21F2N3O2. The Morgan fingerprint density at radius 2 is 2.12 bits per heavy atom. The van der Waals surface area contributed by atoms with Gasteiger partial charge in [0.2, 0.25) is 11.8 Å². The van der Waals surface area contributed by atoms with Crippen LogP contribution in [0, 0.1) is 17.6 Å². The van der Waals surface area contributed by atoms with Gasteiger partial charge in [-0.2, -0.15) is 0 Å². The topological polar surface area (TPSA) is 52.7 Å². The lowest BCUT2D eigenvalue weighted by Crippen LogP contribution is -2.38. The predicted octanol–water partition coefficient (Wildman–Crippen LogP) is 1.53. The van der Waals surface area contributed by atoms with Crippen LogP contribution < -0.4 is 10.2 Å². The lowest BCUT2D eigenvalue weighted by atomic mass is 10.1. The van der Waals surface area contributed by atoms with Crippen molar-refractivity contribution in [3.8, 4) is 0 Å². The molecule has 1 unspecified atom stereocenters. The number of hydrogen-bond acceptors (Lipinski definition) is 3. The van der Waals surface area contributed by atoms with Crippen molar-refractivity contribution in [1.82, 2.24) is 10.2 Å². The number of anilines is 1. The normalized spacial score (nSPS) is 20.8. The van der Waals surface area contributed by atoms with Gasteiger partial charge in [0.25, 0.3) is 0 Å². The summed E-state index contributed by atoms with van der Waals surface area (Å²) in [6.07, 6.45) is 2.46. The standard InChI is InChI=1S/C17H21F2N3O2/c1-21(13-3-4-13)7-6-20-17(24)11-8-16(23)22(10-11)15-5-2-12(18)9-14(15)19/h2,5,9,11,13H,3-4,6-8,10H2,1H3,(H,20,24). The van der Waals surface area contributed by atoms with Gasteiger partial charge in [0.05, 0.1) is 11.6 Å². The summed E-state index contributed by atoms with van der Waals surface area (Å²) in [4.78, 5) is 27.7. The minimum atomic E-state index is -0.796. The third kappa shape index (κ3) is 3.72. The van der Waals surface area contributed by atoms with Gasteiger partial charge in [0.1, 0.15) is 11.6 Å². The first-order valence-electron chi connectivity index (χ1n) is 8.19. The van der Waals surface area contributed by atoms with Crippen LogP contribution in [0.3, 0.4) is 0 Å². The largest absolute Gasteiger partial charge is 0.355 e. The van der Waals surface area contributed by atoms with Crippen LogP contribution in [0.5, 0.6) is 0 Å². The van der Waals surface area contributed by atoms with Crippen molar-refractivity contribution in [2.45, 2.75) is 25.3 Å². The summed E-state index contributed by atoms with van der Waals surface area (Å²) in [6, 6.07) is 3.70.